The molecule has 4 heteroatoms. The summed E-state index contributed by atoms with van der Waals surface area (Å²) in [6, 6.07) is 11.9. The number of hydrogen-bond acceptors (Lipinski definition) is 3. The Morgan fingerprint density at radius 3 is 2.52 bits per heavy atom. The summed E-state index contributed by atoms with van der Waals surface area (Å²) in [5.41, 5.74) is 6.05. The molecule has 0 bridgehead atoms. The number of oxazole rings is 1. The summed E-state index contributed by atoms with van der Waals surface area (Å²) in [6.45, 7) is 5.98. The minimum absolute atomic E-state index is 0.0161. The Labute approximate surface area is 135 Å². The van der Waals surface area contributed by atoms with Gasteiger partial charge in [0.25, 0.3) is 0 Å². The largest absolute Gasteiger partial charge is 0.440 e. The van der Waals surface area contributed by atoms with Crippen LogP contribution in [0.2, 0.25) is 0 Å². The summed E-state index contributed by atoms with van der Waals surface area (Å²) >= 11 is 0. The Balaban J connectivity index is 1.77. The van der Waals surface area contributed by atoms with Crippen LogP contribution in [0.4, 0.5) is 5.69 Å². The van der Waals surface area contributed by atoms with Crippen molar-refractivity contribution in [1.29, 1.82) is 0 Å². The van der Waals surface area contributed by atoms with Gasteiger partial charge in [0.15, 0.2) is 11.5 Å². The third kappa shape index (κ3) is 3.42. The number of hydrogen-bond donors (Lipinski definition) is 1. The van der Waals surface area contributed by atoms with E-state index in [1.54, 1.807) is 0 Å². The number of benzene rings is 2. The molecule has 3 rings (SSSR count). The lowest BCUT2D eigenvalue weighted by Gasteiger charge is -2.04. The summed E-state index contributed by atoms with van der Waals surface area (Å²) in [4.78, 5) is 15.9. The maximum absolute atomic E-state index is 11.4. The monoisotopic (exact) mass is 308 g/mol. The van der Waals surface area contributed by atoms with Gasteiger partial charge in [0, 0.05) is 18.5 Å². The van der Waals surface area contributed by atoms with Crippen LogP contribution in [-0.4, -0.2) is 10.9 Å². The molecule has 0 fully saturated rings. The van der Waals surface area contributed by atoms with Crippen molar-refractivity contribution in [3.8, 4) is 0 Å². The lowest BCUT2D eigenvalue weighted by atomic mass is 10.1. The van der Waals surface area contributed by atoms with E-state index in [0.29, 0.717) is 18.7 Å². The maximum atomic E-state index is 11.4. The normalized spacial score (nSPS) is 10.9. The lowest BCUT2D eigenvalue weighted by molar-refractivity contribution is -0.115. The van der Waals surface area contributed by atoms with Gasteiger partial charge in [-0.15, -0.1) is 0 Å². The molecule has 2 aromatic carbocycles. The van der Waals surface area contributed by atoms with E-state index in [1.165, 1.54) is 11.1 Å². The van der Waals surface area contributed by atoms with E-state index in [9.17, 15) is 4.79 Å². The molecule has 0 saturated heterocycles. The van der Waals surface area contributed by atoms with Crippen LogP contribution < -0.4 is 5.32 Å². The molecule has 0 radical (unpaired) electrons. The van der Waals surface area contributed by atoms with Crippen molar-refractivity contribution in [2.24, 2.45) is 0 Å². The Hall–Kier alpha value is -2.62. The van der Waals surface area contributed by atoms with Crippen LogP contribution in [0.15, 0.2) is 40.8 Å². The number of amides is 1. The van der Waals surface area contributed by atoms with Crippen LogP contribution in [0, 0.1) is 13.8 Å². The minimum atomic E-state index is 0.0161. The fourth-order valence-corrected chi connectivity index (χ4v) is 2.43. The van der Waals surface area contributed by atoms with E-state index in [4.69, 9.17) is 4.42 Å². The highest BCUT2D eigenvalue weighted by Crippen LogP contribution is 2.22. The Morgan fingerprint density at radius 2 is 1.83 bits per heavy atom. The molecule has 0 atom stereocenters. The first-order valence-electron chi connectivity index (χ1n) is 7.80. The molecule has 0 unspecified atom stereocenters. The first kappa shape index (κ1) is 15.3. The Bertz CT molecular complexity index is 809. The van der Waals surface area contributed by atoms with E-state index < -0.39 is 0 Å². The summed E-state index contributed by atoms with van der Waals surface area (Å²) < 4.78 is 5.84. The molecule has 3 aromatic rings. The third-order valence-corrected chi connectivity index (χ3v) is 3.96. The summed E-state index contributed by atoms with van der Waals surface area (Å²) in [5, 5.41) is 2.84. The smallest absolute Gasteiger partial charge is 0.224 e. The number of nitrogens with zero attached hydrogens (tertiary/aromatic N) is 1. The van der Waals surface area contributed by atoms with E-state index in [0.717, 1.165) is 22.4 Å². The summed E-state index contributed by atoms with van der Waals surface area (Å²) in [7, 11) is 0. The van der Waals surface area contributed by atoms with Crippen molar-refractivity contribution in [3.63, 3.8) is 0 Å². The van der Waals surface area contributed by atoms with Gasteiger partial charge in [-0.1, -0.05) is 19.1 Å². The molecule has 0 aliphatic heterocycles. The number of carbonyl (C=O) groups excluding carboxylic acids is 1. The predicted octanol–water partition coefficient (Wildman–Crippen LogP) is 4.38. The van der Waals surface area contributed by atoms with E-state index in [-0.39, 0.29) is 5.91 Å². The van der Waals surface area contributed by atoms with E-state index in [2.05, 4.69) is 30.2 Å². The van der Waals surface area contributed by atoms with Gasteiger partial charge in [0.05, 0.1) is 0 Å². The molecule has 0 saturated carbocycles. The van der Waals surface area contributed by atoms with Crippen molar-refractivity contribution >= 4 is 22.7 Å². The van der Waals surface area contributed by atoms with Crippen molar-refractivity contribution in [1.82, 2.24) is 4.98 Å². The number of fused-ring (bicyclic) bond motifs is 1. The topological polar surface area (TPSA) is 55.1 Å². The molecular formula is C19H20N2O2. The second-order valence-corrected chi connectivity index (χ2v) is 5.79. The van der Waals surface area contributed by atoms with Crippen LogP contribution in [0.3, 0.4) is 0 Å². The number of aryl methyl sites for hydroxylation is 2. The fraction of sp³-hybridized carbons (Fsp3) is 0.263. The highest BCUT2D eigenvalue weighted by molar-refractivity contribution is 5.90. The number of anilines is 1. The minimum Gasteiger partial charge on any atom is -0.440 e. The zero-order valence-corrected chi connectivity index (χ0v) is 13.6. The number of aromatic nitrogens is 1. The van der Waals surface area contributed by atoms with Gasteiger partial charge in [-0.2, -0.15) is 0 Å². The van der Waals surface area contributed by atoms with Gasteiger partial charge in [0.2, 0.25) is 5.91 Å². The van der Waals surface area contributed by atoms with Gasteiger partial charge in [-0.25, -0.2) is 4.98 Å². The summed E-state index contributed by atoms with van der Waals surface area (Å²) in [5.74, 6) is 0.720. The first-order chi connectivity index (χ1) is 11.0. The molecule has 1 heterocycles. The van der Waals surface area contributed by atoms with E-state index in [1.807, 2.05) is 37.3 Å². The molecule has 1 N–H and O–H groups in total. The average molecular weight is 308 g/mol. The molecule has 0 aliphatic carbocycles. The standard InChI is InChI=1S/C19H20N2O2/c1-4-18(22)20-15-7-5-14(6-8-15)11-19-21-16-9-12(2)13(3)10-17(16)23-19/h5-10H,4,11H2,1-3H3,(H,20,22). The number of rotatable bonds is 4. The van der Waals surface area contributed by atoms with Crippen LogP contribution >= 0.6 is 0 Å². The molecule has 23 heavy (non-hydrogen) atoms. The van der Waals surface area contributed by atoms with Crippen LogP contribution in [-0.2, 0) is 11.2 Å². The fourth-order valence-electron chi connectivity index (χ4n) is 2.43. The average Bonchev–Trinajstić information content (AvgIpc) is 2.90. The highest BCUT2D eigenvalue weighted by Gasteiger charge is 2.08. The molecule has 0 spiro atoms. The Kier molecular flexibility index (Phi) is 4.15. The number of carbonyl (C=O) groups is 1. The molecule has 1 amide bonds. The maximum Gasteiger partial charge on any atom is 0.224 e. The van der Waals surface area contributed by atoms with Crippen LogP contribution in [0.1, 0.15) is 35.9 Å². The van der Waals surface area contributed by atoms with Crippen molar-refractivity contribution in [2.45, 2.75) is 33.6 Å². The molecular weight excluding hydrogens is 288 g/mol. The Morgan fingerprint density at radius 1 is 1.13 bits per heavy atom. The molecule has 118 valence electrons. The highest BCUT2D eigenvalue weighted by atomic mass is 16.3. The number of nitrogens with one attached hydrogen (secondary N) is 1. The van der Waals surface area contributed by atoms with Gasteiger partial charge >= 0.3 is 0 Å². The first-order valence-corrected chi connectivity index (χ1v) is 7.80. The van der Waals surface area contributed by atoms with Crippen molar-refractivity contribution in [3.05, 3.63) is 59.0 Å². The zero-order valence-electron chi connectivity index (χ0n) is 13.6. The SMILES string of the molecule is CCC(=O)Nc1ccc(Cc2nc3cc(C)c(C)cc3o2)cc1. The zero-order chi connectivity index (χ0) is 16.4. The second-order valence-electron chi connectivity index (χ2n) is 5.79. The third-order valence-electron chi connectivity index (χ3n) is 3.96. The lowest BCUT2D eigenvalue weighted by Crippen LogP contribution is -2.09. The van der Waals surface area contributed by atoms with Crippen LogP contribution in [0.25, 0.3) is 11.1 Å². The van der Waals surface area contributed by atoms with Gasteiger partial charge < -0.3 is 9.73 Å². The van der Waals surface area contributed by atoms with Crippen molar-refractivity contribution in [2.75, 3.05) is 5.32 Å². The van der Waals surface area contributed by atoms with Crippen molar-refractivity contribution < 1.29 is 9.21 Å². The van der Waals surface area contributed by atoms with Gasteiger partial charge in [0.1, 0.15) is 5.52 Å². The molecule has 4 nitrogen and oxygen atoms in total. The summed E-state index contributed by atoms with van der Waals surface area (Å²) in [6.07, 6.45) is 1.11. The van der Waals surface area contributed by atoms with Gasteiger partial charge in [-0.05, 0) is 54.8 Å². The van der Waals surface area contributed by atoms with Gasteiger partial charge in [-0.3, -0.25) is 4.79 Å². The van der Waals surface area contributed by atoms with Crippen LogP contribution in [0.5, 0.6) is 0 Å². The quantitative estimate of drug-likeness (QED) is 0.778. The molecule has 1 aromatic heterocycles. The van der Waals surface area contributed by atoms with E-state index >= 15 is 0 Å². The second kappa shape index (κ2) is 6.24. The molecule has 0 aliphatic rings. The predicted molar refractivity (Wildman–Crippen MR) is 91.7 cm³/mol.